The first-order valence-corrected chi connectivity index (χ1v) is 7.91. The number of rotatable bonds is 4. The van der Waals surface area contributed by atoms with Gasteiger partial charge in [0.1, 0.15) is 4.88 Å². The van der Waals surface area contributed by atoms with E-state index in [9.17, 15) is 18.0 Å². The minimum Gasteiger partial charge on any atom is -0.477 e. The molecule has 0 radical (unpaired) electrons. The van der Waals surface area contributed by atoms with Crippen molar-refractivity contribution in [1.82, 2.24) is 0 Å². The van der Waals surface area contributed by atoms with Crippen molar-refractivity contribution in [3.05, 3.63) is 46.2 Å². The van der Waals surface area contributed by atoms with Crippen LogP contribution in [0.25, 0.3) is 0 Å². The van der Waals surface area contributed by atoms with Crippen LogP contribution in [-0.4, -0.2) is 25.4 Å². The molecule has 2 rings (SSSR count). The van der Waals surface area contributed by atoms with Crippen LogP contribution in [0.5, 0.6) is 0 Å². The van der Waals surface area contributed by atoms with E-state index in [2.05, 4.69) is 5.32 Å². The lowest BCUT2D eigenvalue weighted by molar-refractivity contribution is 0.0702. The Morgan fingerprint density at radius 3 is 2.38 bits per heavy atom. The van der Waals surface area contributed by atoms with Gasteiger partial charge in [-0.2, -0.15) is 0 Å². The van der Waals surface area contributed by atoms with Crippen molar-refractivity contribution in [3.8, 4) is 0 Å². The van der Waals surface area contributed by atoms with Gasteiger partial charge in [-0.25, -0.2) is 18.4 Å². The number of aromatic carboxylic acids is 1. The Morgan fingerprint density at radius 1 is 1.14 bits per heavy atom. The fraction of sp³-hybridized carbons (Fsp3) is 0. The molecule has 1 aromatic carbocycles. The lowest BCUT2D eigenvalue weighted by Gasteiger charge is -2.05. The monoisotopic (exact) mass is 326 g/mol. The molecule has 1 amide bonds. The molecule has 0 spiro atoms. The topological polar surface area (TPSA) is 127 Å². The minimum atomic E-state index is -3.86. The third-order valence-corrected chi connectivity index (χ3v) is 4.44. The van der Waals surface area contributed by atoms with Crippen molar-refractivity contribution < 1.29 is 23.1 Å². The maximum Gasteiger partial charge on any atom is 0.345 e. The van der Waals surface area contributed by atoms with Gasteiger partial charge in [0.2, 0.25) is 10.0 Å². The van der Waals surface area contributed by atoms with Crippen molar-refractivity contribution >= 4 is 38.9 Å². The molecular weight excluding hydrogens is 316 g/mol. The van der Waals surface area contributed by atoms with Crippen LogP contribution in [0.1, 0.15) is 19.3 Å². The highest BCUT2D eigenvalue weighted by Crippen LogP contribution is 2.19. The third kappa shape index (κ3) is 3.66. The number of nitrogens with two attached hydrogens (primary N) is 1. The first-order chi connectivity index (χ1) is 9.77. The van der Waals surface area contributed by atoms with Crippen LogP contribution >= 0.6 is 11.3 Å². The number of benzene rings is 1. The van der Waals surface area contributed by atoms with Gasteiger partial charge < -0.3 is 10.4 Å². The Morgan fingerprint density at radius 2 is 1.81 bits per heavy atom. The highest BCUT2D eigenvalue weighted by Gasteiger charge is 2.14. The van der Waals surface area contributed by atoms with E-state index in [0.29, 0.717) is 0 Å². The second-order valence-electron chi connectivity index (χ2n) is 4.00. The van der Waals surface area contributed by atoms with Crippen LogP contribution in [0.2, 0.25) is 0 Å². The van der Waals surface area contributed by atoms with Crippen molar-refractivity contribution in [3.63, 3.8) is 0 Å². The van der Waals surface area contributed by atoms with Crippen molar-refractivity contribution in [2.75, 3.05) is 5.32 Å². The lowest BCUT2D eigenvalue weighted by Crippen LogP contribution is -2.14. The molecular formula is C12H10N2O5S2. The third-order valence-electron chi connectivity index (χ3n) is 2.46. The molecule has 1 heterocycles. The zero-order valence-corrected chi connectivity index (χ0v) is 12.1. The molecule has 0 aliphatic heterocycles. The van der Waals surface area contributed by atoms with E-state index >= 15 is 0 Å². The first-order valence-electron chi connectivity index (χ1n) is 5.55. The summed E-state index contributed by atoms with van der Waals surface area (Å²) in [6, 6.07) is 8.16. The molecule has 21 heavy (non-hydrogen) atoms. The molecule has 0 bridgehead atoms. The molecule has 0 aliphatic rings. The summed E-state index contributed by atoms with van der Waals surface area (Å²) in [5.41, 5.74) is 0.247. The second-order valence-corrected chi connectivity index (χ2v) is 6.64. The zero-order chi connectivity index (χ0) is 15.6. The van der Waals surface area contributed by atoms with Crippen LogP contribution < -0.4 is 10.5 Å². The van der Waals surface area contributed by atoms with Crippen LogP contribution in [0.15, 0.2) is 41.3 Å². The van der Waals surface area contributed by atoms with E-state index < -0.39 is 21.9 Å². The Labute approximate surface area is 124 Å². The number of thiophene rings is 1. The number of carbonyl (C=O) groups is 2. The number of hydrogen-bond donors (Lipinski definition) is 3. The molecule has 0 saturated carbocycles. The van der Waals surface area contributed by atoms with Gasteiger partial charge in [0.25, 0.3) is 5.91 Å². The SMILES string of the molecule is NS(=O)(=O)c1cccc(NC(=O)c2ccc(C(=O)O)s2)c1. The number of carboxylic acids is 1. The summed E-state index contributed by atoms with van der Waals surface area (Å²) >= 11 is 0.824. The Balaban J connectivity index is 2.21. The normalized spacial score (nSPS) is 11.1. The summed E-state index contributed by atoms with van der Waals surface area (Å²) in [5, 5.41) is 16.3. The molecule has 0 aliphatic carbocycles. The van der Waals surface area contributed by atoms with E-state index in [1.54, 1.807) is 0 Å². The number of carboxylic acid groups (broad SMARTS) is 1. The van der Waals surface area contributed by atoms with Crippen LogP contribution in [0, 0.1) is 0 Å². The maximum absolute atomic E-state index is 11.9. The zero-order valence-electron chi connectivity index (χ0n) is 10.4. The van der Waals surface area contributed by atoms with Gasteiger partial charge in [-0.3, -0.25) is 4.79 Å². The maximum atomic E-state index is 11.9. The van der Waals surface area contributed by atoms with E-state index in [1.165, 1.54) is 36.4 Å². The van der Waals surface area contributed by atoms with Crippen molar-refractivity contribution in [2.45, 2.75) is 4.90 Å². The fourth-order valence-electron chi connectivity index (χ4n) is 1.52. The summed E-state index contributed by atoms with van der Waals surface area (Å²) in [4.78, 5) is 22.8. The molecule has 0 atom stereocenters. The molecule has 7 nitrogen and oxygen atoms in total. The number of hydrogen-bond acceptors (Lipinski definition) is 5. The molecule has 0 fully saturated rings. The number of sulfonamides is 1. The molecule has 110 valence electrons. The average molecular weight is 326 g/mol. The Bertz CT molecular complexity index is 811. The number of nitrogens with one attached hydrogen (secondary N) is 1. The predicted molar refractivity (Wildman–Crippen MR) is 77.0 cm³/mol. The van der Waals surface area contributed by atoms with E-state index in [-0.39, 0.29) is 20.3 Å². The molecule has 1 aromatic heterocycles. The molecule has 2 aromatic rings. The van der Waals surface area contributed by atoms with Crippen molar-refractivity contribution in [1.29, 1.82) is 0 Å². The summed E-state index contributed by atoms with van der Waals surface area (Å²) in [6.45, 7) is 0. The van der Waals surface area contributed by atoms with Crippen LogP contribution in [-0.2, 0) is 10.0 Å². The van der Waals surface area contributed by atoms with Gasteiger partial charge in [-0.05, 0) is 30.3 Å². The summed E-state index contributed by atoms with van der Waals surface area (Å²) in [5.74, 6) is -1.64. The molecule has 0 saturated heterocycles. The fourth-order valence-corrected chi connectivity index (χ4v) is 2.82. The van der Waals surface area contributed by atoms with Gasteiger partial charge in [0, 0.05) is 5.69 Å². The van der Waals surface area contributed by atoms with E-state index in [4.69, 9.17) is 10.2 Å². The smallest absolute Gasteiger partial charge is 0.345 e. The van der Waals surface area contributed by atoms with Crippen LogP contribution in [0.4, 0.5) is 5.69 Å². The number of primary sulfonamides is 1. The summed E-state index contributed by atoms with van der Waals surface area (Å²) in [7, 11) is -3.86. The number of amides is 1. The van der Waals surface area contributed by atoms with Gasteiger partial charge in [0.05, 0.1) is 9.77 Å². The average Bonchev–Trinajstić information content (AvgIpc) is 2.88. The Hall–Kier alpha value is -2.23. The predicted octanol–water partition coefficient (Wildman–Crippen LogP) is 1.35. The Kier molecular flexibility index (Phi) is 4.07. The van der Waals surface area contributed by atoms with Gasteiger partial charge >= 0.3 is 5.97 Å². The number of carbonyl (C=O) groups excluding carboxylic acids is 1. The molecule has 4 N–H and O–H groups in total. The highest BCUT2D eigenvalue weighted by atomic mass is 32.2. The highest BCUT2D eigenvalue weighted by molar-refractivity contribution is 7.89. The van der Waals surface area contributed by atoms with Crippen LogP contribution in [0.3, 0.4) is 0 Å². The van der Waals surface area contributed by atoms with Gasteiger partial charge in [-0.15, -0.1) is 11.3 Å². The minimum absolute atomic E-state index is 0.0402. The quantitative estimate of drug-likeness (QED) is 0.781. The lowest BCUT2D eigenvalue weighted by atomic mass is 10.3. The standard InChI is InChI=1S/C12H10N2O5S2/c13-21(18,19)8-3-1-2-7(6-8)14-11(15)9-4-5-10(20-9)12(16)17/h1-6H,(H,14,15)(H,16,17)(H2,13,18,19). The summed E-state index contributed by atoms with van der Waals surface area (Å²) in [6.07, 6.45) is 0. The van der Waals surface area contributed by atoms with E-state index in [0.717, 1.165) is 11.3 Å². The number of anilines is 1. The second kappa shape index (κ2) is 5.64. The van der Waals surface area contributed by atoms with E-state index in [1.807, 2.05) is 0 Å². The van der Waals surface area contributed by atoms with Gasteiger partial charge in [-0.1, -0.05) is 6.07 Å². The molecule has 0 unspecified atom stereocenters. The first kappa shape index (κ1) is 15.2. The summed E-state index contributed by atoms with van der Waals surface area (Å²) < 4.78 is 22.4. The largest absolute Gasteiger partial charge is 0.477 e. The molecule has 9 heteroatoms. The van der Waals surface area contributed by atoms with Gasteiger partial charge in [0.15, 0.2) is 0 Å². The van der Waals surface area contributed by atoms with Crippen molar-refractivity contribution in [2.24, 2.45) is 5.14 Å².